The summed E-state index contributed by atoms with van der Waals surface area (Å²) < 4.78 is 23.2. The van der Waals surface area contributed by atoms with Crippen LogP contribution in [-0.4, -0.2) is 50.0 Å². The molecule has 6 heteroatoms. The summed E-state index contributed by atoms with van der Waals surface area (Å²) in [5.74, 6) is -0.788. The molecule has 0 radical (unpaired) electrons. The van der Waals surface area contributed by atoms with Crippen molar-refractivity contribution in [3.63, 3.8) is 0 Å². The Morgan fingerprint density at radius 1 is 1.05 bits per heavy atom. The Balaban J connectivity index is 2.19. The fourth-order valence-electron chi connectivity index (χ4n) is 2.45. The van der Waals surface area contributed by atoms with E-state index in [1.165, 1.54) is 0 Å². The summed E-state index contributed by atoms with van der Waals surface area (Å²) in [5.41, 5.74) is -0.354. The lowest BCUT2D eigenvalue weighted by Crippen LogP contribution is -2.50. The smallest absolute Gasteiger partial charge is 0.187 e. The molecule has 0 aromatic rings. The van der Waals surface area contributed by atoms with Crippen molar-refractivity contribution in [1.29, 1.82) is 0 Å². The van der Waals surface area contributed by atoms with Crippen molar-refractivity contribution in [2.75, 3.05) is 6.61 Å². The summed E-state index contributed by atoms with van der Waals surface area (Å²) in [6.07, 6.45) is -1.64. The Hall–Kier alpha value is -0.273. The van der Waals surface area contributed by atoms with Crippen LogP contribution in [0.2, 0.25) is 19.6 Å². The van der Waals surface area contributed by atoms with E-state index >= 15 is 0 Å². The molecule has 20 heavy (non-hydrogen) atoms. The lowest BCUT2D eigenvalue weighted by molar-refractivity contribution is -0.190. The molecule has 3 atom stereocenters. The fraction of sp³-hybridized carbons (Fsp3) is 0.929. The Kier molecular flexibility index (Phi) is 3.93. The first-order chi connectivity index (χ1) is 8.91. The molecule has 1 unspecified atom stereocenters. The molecule has 2 heterocycles. The number of ether oxygens (including phenoxy) is 4. The number of rotatable bonds is 3. The molecule has 2 aliphatic rings. The SMILES string of the molecule is CC1(C)CO[C@H](C2OC(C)(C)O[C@H]2C(=O)[Si](C)(C)C)O1. The van der Waals surface area contributed by atoms with Crippen LogP contribution in [0.3, 0.4) is 0 Å². The fourth-order valence-corrected chi connectivity index (χ4v) is 3.52. The normalized spacial score (nSPS) is 36.2. The van der Waals surface area contributed by atoms with Gasteiger partial charge in [0.05, 0.1) is 12.2 Å². The van der Waals surface area contributed by atoms with E-state index in [1.54, 1.807) is 0 Å². The molecule has 2 rings (SSSR count). The Labute approximate surface area is 121 Å². The van der Waals surface area contributed by atoms with Gasteiger partial charge in [0.15, 0.2) is 12.1 Å². The molecule has 0 bridgehead atoms. The van der Waals surface area contributed by atoms with Gasteiger partial charge in [-0.1, -0.05) is 19.6 Å². The van der Waals surface area contributed by atoms with E-state index in [-0.39, 0.29) is 11.0 Å². The topological polar surface area (TPSA) is 54.0 Å². The molecular formula is C14H26O5Si. The lowest BCUT2D eigenvalue weighted by Gasteiger charge is -2.26. The summed E-state index contributed by atoms with van der Waals surface area (Å²) in [7, 11) is -1.97. The van der Waals surface area contributed by atoms with Crippen molar-refractivity contribution in [3.05, 3.63) is 0 Å². The van der Waals surface area contributed by atoms with E-state index in [1.807, 2.05) is 47.3 Å². The quantitative estimate of drug-likeness (QED) is 0.747. The van der Waals surface area contributed by atoms with Gasteiger partial charge in [-0.2, -0.15) is 0 Å². The number of carbonyl (C=O) groups excluding carboxylic acids is 1. The van der Waals surface area contributed by atoms with Crippen LogP contribution in [-0.2, 0) is 23.7 Å². The molecule has 2 fully saturated rings. The Morgan fingerprint density at radius 3 is 2.10 bits per heavy atom. The third kappa shape index (κ3) is 3.31. The maximum atomic E-state index is 12.6. The highest BCUT2D eigenvalue weighted by Crippen LogP contribution is 2.36. The van der Waals surface area contributed by atoms with Crippen LogP contribution in [0.5, 0.6) is 0 Å². The highest BCUT2D eigenvalue weighted by atomic mass is 28.3. The van der Waals surface area contributed by atoms with E-state index in [0.29, 0.717) is 6.61 Å². The zero-order valence-electron chi connectivity index (χ0n) is 13.5. The van der Waals surface area contributed by atoms with Gasteiger partial charge in [-0.15, -0.1) is 0 Å². The van der Waals surface area contributed by atoms with Crippen LogP contribution in [0.15, 0.2) is 0 Å². The minimum atomic E-state index is -1.97. The van der Waals surface area contributed by atoms with E-state index in [4.69, 9.17) is 18.9 Å². The molecule has 0 amide bonds. The number of hydrogen-bond donors (Lipinski definition) is 0. The summed E-state index contributed by atoms with van der Waals surface area (Å²) >= 11 is 0. The maximum absolute atomic E-state index is 12.6. The second kappa shape index (κ2) is 4.88. The van der Waals surface area contributed by atoms with Crippen molar-refractivity contribution in [2.45, 2.75) is 77.2 Å². The molecule has 5 nitrogen and oxygen atoms in total. The van der Waals surface area contributed by atoms with E-state index in [2.05, 4.69) is 0 Å². The van der Waals surface area contributed by atoms with Gasteiger partial charge in [-0.05, 0) is 27.7 Å². The van der Waals surface area contributed by atoms with Crippen LogP contribution >= 0.6 is 0 Å². The molecule has 0 aromatic heterocycles. The first kappa shape index (κ1) is 16.1. The van der Waals surface area contributed by atoms with E-state index < -0.39 is 32.4 Å². The van der Waals surface area contributed by atoms with Gasteiger partial charge in [0.2, 0.25) is 0 Å². The summed E-state index contributed by atoms with van der Waals surface area (Å²) in [4.78, 5) is 12.6. The number of hydrogen-bond acceptors (Lipinski definition) is 5. The van der Waals surface area contributed by atoms with Crippen molar-refractivity contribution in [3.8, 4) is 0 Å². The minimum Gasteiger partial charge on any atom is -0.347 e. The summed E-state index contributed by atoms with van der Waals surface area (Å²) in [6.45, 7) is 14.1. The molecule has 0 saturated carbocycles. The predicted octanol–water partition coefficient (Wildman–Crippen LogP) is 2.10. The zero-order valence-corrected chi connectivity index (χ0v) is 14.5. The molecule has 0 aromatic carbocycles. The molecule has 2 saturated heterocycles. The molecule has 116 valence electrons. The molecule has 0 aliphatic carbocycles. The van der Waals surface area contributed by atoms with Gasteiger partial charge in [0, 0.05) is 0 Å². The first-order valence-electron chi connectivity index (χ1n) is 7.11. The predicted molar refractivity (Wildman–Crippen MR) is 77.1 cm³/mol. The van der Waals surface area contributed by atoms with Crippen molar-refractivity contribution in [2.24, 2.45) is 0 Å². The van der Waals surface area contributed by atoms with Gasteiger partial charge in [0.25, 0.3) is 0 Å². The number of carbonyl (C=O) groups is 1. The Morgan fingerprint density at radius 2 is 1.65 bits per heavy atom. The van der Waals surface area contributed by atoms with E-state index in [9.17, 15) is 4.79 Å². The van der Waals surface area contributed by atoms with E-state index in [0.717, 1.165) is 0 Å². The van der Waals surface area contributed by atoms with Crippen molar-refractivity contribution < 1.29 is 23.7 Å². The summed E-state index contributed by atoms with van der Waals surface area (Å²) in [6, 6.07) is 0. The van der Waals surface area contributed by atoms with Crippen LogP contribution in [0.25, 0.3) is 0 Å². The highest BCUT2D eigenvalue weighted by Gasteiger charge is 2.54. The van der Waals surface area contributed by atoms with Crippen LogP contribution < -0.4 is 0 Å². The molecule has 0 spiro atoms. The standard InChI is InChI=1S/C14H26O5Si/c1-13(2)8-16-12(19-13)10-9(11(15)20(5,6)7)17-14(3,4)18-10/h9-10,12H,8H2,1-7H3/t9-,10?,12+/m1/s1. The molecule has 0 N–H and O–H groups in total. The van der Waals surface area contributed by atoms with Crippen LogP contribution in [0.4, 0.5) is 0 Å². The maximum Gasteiger partial charge on any atom is 0.187 e. The largest absolute Gasteiger partial charge is 0.347 e. The van der Waals surface area contributed by atoms with Gasteiger partial charge in [0.1, 0.15) is 25.7 Å². The second-order valence-electron chi connectivity index (χ2n) is 7.69. The van der Waals surface area contributed by atoms with Gasteiger partial charge >= 0.3 is 0 Å². The van der Waals surface area contributed by atoms with Crippen molar-refractivity contribution >= 4 is 13.5 Å². The van der Waals surface area contributed by atoms with Gasteiger partial charge < -0.3 is 23.7 Å². The summed E-state index contributed by atoms with van der Waals surface area (Å²) in [5, 5.41) is 0.144. The molecular weight excluding hydrogens is 276 g/mol. The van der Waals surface area contributed by atoms with Crippen LogP contribution in [0, 0.1) is 0 Å². The second-order valence-corrected chi connectivity index (χ2v) is 12.7. The monoisotopic (exact) mass is 302 g/mol. The molecule has 2 aliphatic heterocycles. The average Bonchev–Trinajstić information content (AvgIpc) is 2.75. The zero-order chi connectivity index (χ0) is 15.3. The minimum absolute atomic E-state index is 0.144. The highest BCUT2D eigenvalue weighted by molar-refractivity contribution is 7.04. The van der Waals surface area contributed by atoms with Crippen molar-refractivity contribution in [1.82, 2.24) is 0 Å². The third-order valence-electron chi connectivity index (χ3n) is 3.43. The van der Waals surface area contributed by atoms with Gasteiger partial charge in [-0.25, -0.2) is 0 Å². The Bertz CT molecular complexity index is 399. The average molecular weight is 302 g/mol. The van der Waals surface area contributed by atoms with Crippen LogP contribution in [0.1, 0.15) is 27.7 Å². The third-order valence-corrected chi connectivity index (χ3v) is 5.19. The first-order valence-corrected chi connectivity index (χ1v) is 10.6. The lowest BCUT2D eigenvalue weighted by atomic mass is 10.2. The van der Waals surface area contributed by atoms with Gasteiger partial charge in [-0.3, -0.25) is 0 Å².